The zero-order chi connectivity index (χ0) is 11.6. The lowest BCUT2D eigenvalue weighted by molar-refractivity contribution is 0.140. The van der Waals surface area contributed by atoms with E-state index in [0.29, 0.717) is 10.8 Å². The molecule has 90 valence electrons. The van der Waals surface area contributed by atoms with Crippen molar-refractivity contribution in [3.8, 4) is 0 Å². The van der Waals surface area contributed by atoms with Gasteiger partial charge in [-0.25, -0.2) is 4.98 Å². The van der Waals surface area contributed by atoms with Gasteiger partial charge in [0, 0.05) is 48.6 Å². The minimum absolute atomic E-state index is 0.300. The predicted octanol–water partition coefficient (Wildman–Crippen LogP) is 2.10. The number of hydrogen-bond donors (Lipinski definition) is 0. The Labute approximate surface area is 102 Å². The van der Waals surface area contributed by atoms with Crippen LogP contribution in [0.4, 0.5) is 0 Å². The molecule has 1 saturated heterocycles. The maximum absolute atomic E-state index is 4.10. The molecule has 1 atom stereocenters. The first kappa shape index (κ1) is 12.0. The van der Waals surface area contributed by atoms with Crippen molar-refractivity contribution in [2.75, 3.05) is 18.8 Å². The van der Waals surface area contributed by atoms with Gasteiger partial charge in [0.25, 0.3) is 0 Å². The molecule has 0 spiro atoms. The smallest absolute Gasteiger partial charge is 0.0946 e. The highest BCUT2D eigenvalue weighted by Crippen LogP contribution is 2.25. The van der Waals surface area contributed by atoms with Gasteiger partial charge in [0.1, 0.15) is 0 Å². The van der Waals surface area contributed by atoms with Gasteiger partial charge in [0.2, 0.25) is 0 Å². The highest BCUT2D eigenvalue weighted by atomic mass is 32.2. The molecule has 0 bridgehead atoms. The van der Waals surface area contributed by atoms with Gasteiger partial charge in [-0.1, -0.05) is 0 Å². The van der Waals surface area contributed by atoms with Crippen LogP contribution in [-0.2, 0) is 6.54 Å². The van der Waals surface area contributed by atoms with Crippen molar-refractivity contribution >= 4 is 11.8 Å². The first-order chi connectivity index (χ1) is 7.55. The fourth-order valence-electron chi connectivity index (χ4n) is 2.07. The largest absolute Gasteiger partial charge is 0.336 e. The molecule has 4 heteroatoms. The molecule has 16 heavy (non-hydrogen) atoms. The van der Waals surface area contributed by atoms with E-state index in [-0.39, 0.29) is 0 Å². The van der Waals surface area contributed by atoms with Crippen LogP contribution in [0.5, 0.6) is 0 Å². The Kier molecular flexibility index (Phi) is 3.60. The number of thioether (sulfide) groups is 1. The first-order valence-electron chi connectivity index (χ1n) is 5.88. The molecule has 0 amide bonds. The van der Waals surface area contributed by atoms with E-state index in [0.717, 1.165) is 6.54 Å². The zero-order valence-electron chi connectivity index (χ0n) is 10.4. The molecule has 0 saturated carbocycles. The molecule has 2 heterocycles. The monoisotopic (exact) mass is 239 g/mol. The van der Waals surface area contributed by atoms with Crippen molar-refractivity contribution in [3.05, 3.63) is 18.7 Å². The third kappa shape index (κ3) is 3.01. The van der Waals surface area contributed by atoms with E-state index in [2.05, 4.69) is 53.2 Å². The number of rotatable bonds is 2. The van der Waals surface area contributed by atoms with Crippen LogP contribution < -0.4 is 0 Å². The van der Waals surface area contributed by atoms with Gasteiger partial charge in [-0.2, -0.15) is 11.8 Å². The van der Waals surface area contributed by atoms with Crippen molar-refractivity contribution in [3.63, 3.8) is 0 Å². The third-order valence-corrected chi connectivity index (χ3v) is 4.25. The van der Waals surface area contributed by atoms with Gasteiger partial charge < -0.3 is 4.57 Å². The third-order valence-electron chi connectivity index (χ3n) is 3.06. The Hall–Kier alpha value is -0.480. The average molecular weight is 239 g/mol. The summed E-state index contributed by atoms with van der Waals surface area (Å²) in [5.41, 5.74) is 0.300. The quantitative estimate of drug-likeness (QED) is 0.788. The highest BCUT2D eigenvalue weighted by Gasteiger charge is 2.28. The van der Waals surface area contributed by atoms with Crippen LogP contribution in [-0.4, -0.2) is 44.1 Å². The molecule has 1 unspecified atom stereocenters. The van der Waals surface area contributed by atoms with Crippen molar-refractivity contribution in [2.24, 2.45) is 0 Å². The molecule has 0 aliphatic carbocycles. The normalized spacial score (nSPS) is 23.6. The van der Waals surface area contributed by atoms with Crippen LogP contribution in [0.1, 0.15) is 20.8 Å². The summed E-state index contributed by atoms with van der Waals surface area (Å²) in [4.78, 5) is 6.68. The Bertz CT molecular complexity index is 316. The molecular formula is C12H21N3S. The van der Waals surface area contributed by atoms with Crippen LogP contribution in [0, 0.1) is 0 Å². The van der Waals surface area contributed by atoms with Gasteiger partial charge in [-0.05, 0) is 20.8 Å². The summed E-state index contributed by atoms with van der Waals surface area (Å²) in [5, 5.41) is 0.696. The number of aromatic nitrogens is 2. The summed E-state index contributed by atoms with van der Waals surface area (Å²) in [6.07, 6.45) is 5.82. The molecule has 0 aromatic carbocycles. The van der Waals surface area contributed by atoms with Gasteiger partial charge in [0.05, 0.1) is 6.33 Å². The van der Waals surface area contributed by atoms with E-state index in [1.54, 1.807) is 0 Å². The van der Waals surface area contributed by atoms with Gasteiger partial charge in [-0.15, -0.1) is 0 Å². The van der Waals surface area contributed by atoms with Gasteiger partial charge in [0.15, 0.2) is 0 Å². The molecule has 1 aromatic heterocycles. The Morgan fingerprint density at radius 2 is 2.25 bits per heavy atom. The molecular weight excluding hydrogens is 218 g/mol. The standard InChI is InChI=1S/C12H21N3S/c1-12(2,3)15-6-7-16-11(9-15)8-14-5-4-13-10-14/h4-5,10-11H,6-9H2,1-3H3. The van der Waals surface area contributed by atoms with Gasteiger partial charge in [-0.3, -0.25) is 4.90 Å². The Balaban J connectivity index is 1.92. The molecule has 1 aliphatic rings. The summed E-state index contributed by atoms with van der Waals surface area (Å²) in [6.45, 7) is 10.4. The Morgan fingerprint density at radius 3 is 2.88 bits per heavy atom. The minimum Gasteiger partial charge on any atom is -0.336 e. The fraction of sp³-hybridized carbons (Fsp3) is 0.750. The van der Waals surface area contributed by atoms with Crippen molar-refractivity contribution in [2.45, 2.75) is 38.1 Å². The maximum Gasteiger partial charge on any atom is 0.0946 e. The van der Waals surface area contributed by atoms with E-state index < -0.39 is 0 Å². The summed E-state index contributed by atoms with van der Waals surface area (Å²) in [5.74, 6) is 1.25. The molecule has 0 N–H and O–H groups in total. The topological polar surface area (TPSA) is 21.1 Å². The molecule has 1 fully saturated rings. The number of nitrogens with zero attached hydrogens (tertiary/aromatic N) is 3. The van der Waals surface area contributed by atoms with Crippen LogP contribution in [0.2, 0.25) is 0 Å². The van der Waals surface area contributed by atoms with Crippen LogP contribution in [0.25, 0.3) is 0 Å². The lowest BCUT2D eigenvalue weighted by atomic mass is 10.1. The highest BCUT2D eigenvalue weighted by molar-refractivity contribution is 8.00. The second kappa shape index (κ2) is 4.80. The number of imidazole rings is 1. The summed E-state index contributed by atoms with van der Waals surface area (Å²) < 4.78 is 2.18. The molecule has 1 aromatic rings. The van der Waals surface area contributed by atoms with E-state index in [9.17, 15) is 0 Å². The summed E-state index contributed by atoms with van der Waals surface area (Å²) >= 11 is 2.09. The van der Waals surface area contributed by atoms with Crippen molar-refractivity contribution < 1.29 is 0 Å². The predicted molar refractivity (Wildman–Crippen MR) is 69.8 cm³/mol. The van der Waals surface area contributed by atoms with Crippen molar-refractivity contribution in [1.82, 2.24) is 14.5 Å². The van der Waals surface area contributed by atoms with E-state index in [1.165, 1.54) is 18.8 Å². The number of hydrogen-bond acceptors (Lipinski definition) is 3. The second-order valence-electron chi connectivity index (χ2n) is 5.37. The van der Waals surface area contributed by atoms with E-state index in [1.807, 2.05) is 12.5 Å². The SMILES string of the molecule is CC(C)(C)N1CCSC(Cn2ccnc2)C1. The van der Waals surface area contributed by atoms with E-state index >= 15 is 0 Å². The maximum atomic E-state index is 4.10. The zero-order valence-corrected chi connectivity index (χ0v) is 11.2. The summed E-state index contributed by atoms with van der Waals surface area (Å²) in [7, 11) is 0. The average Bonchev–Trinajstić information content (AvgIpc) is 2.70. The van der Waals surface area contributed by atoms with Crippen LogP contribution in [0.3, 0.4) is 0 Å². The lowest BCUT2D eigenvalue weighted by Gasteiger charge is -2.41. The van der Waals surface area contributed by atoms with Crippen LogP contribution in [0.15, 0.2) is 18.7 Å². The lowest BCUT2D eigenvalue weighted by Crippen LogP contribution is -2.49. The molecule has 0 radical (unpaired) electrons. The molecule has 2 rings (SSSR count). The fourth-order valence-corrected chi connectivity index (χ4v) is 3.29. The first-order valence-corrected chi connectivity index (χ1v) is 6.93. The molecule has 1 aliphatic heterocycles. The van der Waals surface area contributed by atoms with Gasteiger partial charge >= 0.3 is 0 Å². The van der Waals surface area contributed by atoms with E-state index in [4.69, 9.17) is 0 Å². The second-order valence-corrected chi connectivity index (χ2v) is 6.78. The summed E-state index contributed by atoms with van der Waals surface area (Å²) in [6, 6.07) is 0. The Morgan fingerprint density at radius 1 is 1.44 bits per heavy atom. The molecule has 3 nitrogen and oxygen atoms in total. The van der Waals surface area contributed by atoms with Crippen molar-refractivity contribution in [1.29, 1.82) is 0 Å². The minimum atomic E-state index is 0.300. The van der Waals surface area contributed by atoms with Crippen LogP contribution >= 0.6 is 11.8 Å².